The fourth-order valence-electron chi connectivity index (χ4n) is 2.03. The lowest BCUT2D eigenvalue weighted by atomic mass is 9.96. The van der Waals surface area contributed by atoms with Crippen molar-refractivity contribution < 1.29 is 4.79 Å². The van der Waals surface area contributed by atoms with Crippen molar-refractivity contribution in [3.63, 3.8) is 0 Å². The summed E-state index contributed by atoms with van der Waals surface area (Å²) in [5, 5.41) is 2.91. The molecule has 0 saturated carbocycles. The lowest BCUT2D eigenvalue weighted by molar-refractivity contribution is -0.122. The first-order valence-corrected chi connectivity index (χ1v) is 7.11. The summed E-state index contributed by atoms with van der Waals surface area (Å²) in [6.07, 6.45) is 1.91. The molecule has 1 aromatic carbocycles. The summed E-state index contributed by atoms with van der Waals surface area (Å²) in [6, 6.07) is 8.37. The summed E-state index contributed by atoms with van der Waals surface area (Å²) in [5.41, 5.74) is 7.80. The first-order chi connectivity index (χ1) is 9.04. The lowest BCUT2D eigenvalue weighted by Crippen LogP contribution is -2.29. The summed E-state index contributed by atoms with van der Waals surface area (Å²) in [6.45, 7) is 7.63. The molecule has 0 spiro atoms. The minimum atomic E-state index is -0.106. The van der Waals surface area contributed by atoms with Gasteiger partial charge in [-0.05, 0) is 43.4 Å². The molecular weight excluding hydrogens is 272 g/mol. The van der Waals surface area contributed by atoms with Crippen LogP contribution in [0.1, 0.15) is 44.2 Å². The van der Waals surface area contributed by atoms with E-state index >= 15 is 0 Å². The third-order valence-corrected chi connectivity index (χ3v) is 3.20. The van der Waals surface area contributed by atoms with Crippen molar-refractivity contribution in [3.05, 3.63) is 35.4 Å². The summed E-state index contributed by atoms with van der Waals surface area (Å²) in [7, 11) is 0. The molecule has 0 fully saturated rings. The highest BCUT2D eigenvalue weighted by Gasteiger charge is 2.14. The van der Waals surface area contributed by atoms with Crippen LogP contribution in [-0.4, -0.2) is 19.0 Å². The van der Waals surface area contributed by atoms with E-state index in [0.717, 1.165) is 18.4 Å². The van der Waals surface area contributed by atoms with Crippen LogP contribution in [-0.2, 0) is 11.2 Å². The molecule has 4 heteroatoms. The molecule has 0 heterocycles. The zero-order chi connectivity index (χ0) is 14.3. The highest BCUT2D eigenvalue weighted by molar-refractivity contribution is 5.85. The van der Waals surface area contributed by atoms with Gasteiger partial charge >= 0.3 is 0 Å². The zero-order valence-electron chi connectivity index (χ0n) is 12.7. The minimum Gasteiger partial charge on any atom is -0.356 e. The molecular formula is C16H27ClN2O. The zero-order valence-corrected chi connectivity index (χ0v) is 13.5. The number of nitrogens with one attached hydrogen (secondary N) is 1. The molecule has 1 atom stereocenters. The Hall–Kier alpha value is -1.06. The number of nitrogens with two attached hydrogens (primary N) is 1. The van der Waals surface area contributed by atoms with Gasteiger partial charge in [-0.15, -0.1) is 12.4 Å². The van der Waals surface area contributed by atoms with E-state index < -0.39 is 0 Å². The molecule has 3 N–H and O–H groups in total. The Balaban J connectivity index is 0.00000361. The number of halogens is 1. The number of hydrogen-bond donors (Lipinski definition) is 2. The maximum atomic E-state index is 11.9. The van der Waals surface area contributed by atoms with Crippen molar-refractivity contribution in [2.24, 2.45) is 11.7 Å². The average molecular weight is 299 g/mol. The third-order valence-electron chi connectivity index (χ3n) is 3.20. The van der Waals surface area contributed by atoms with Gasteiger partial charge < -0.3 is 11.1 Å². The van der Waals surface area contributed by atoms with Gasteiger partial charge in [0.1, 0.15) is 0 Å². The Morgan fingerprint density at radius 2 is 1.80 bits per heavy atom. The van der Waals surface area contributed by atoms with Gasteiger partial charge in [-0.2, -0.15) is 0 Å². The van der Waals surface area contributed by atoms with Crippen molar-refractivity contribution in [3.8, 4) is 0 Å². The van der Waals surface area contributed by atoms with E-state index in [4.69, 9.17) is 5.73 Å². The van der Waals surface area contributed by atoms with E-state index in [1.165, 1.54) is 5.56 Å². The molecule has 0 saturated heterocycles. The van der Waals surface area contributed by atoms with Crippen LogP contribution in [0.2, 0.25) is 0 Å². The monoisotopic (exact) mass is 298 g/mol. The van der Waals surface area contributed by atoms with E-state index in [1.807, 2.05) is 6.92 Å². The number of benzene rings is 1. The molecule has 1 amide bonds. The SMILES string of the molecule is CC(C)Cc1ccc([C@@H](C)C(=O)NCCCN)cc1.Cl. The van der Waals surface area contributed by atoms with Crippen LogP contribution < -0.4 is 11.1 Å². The van der Waals surface area contributed by atoms with E-state index in [-0.39, 0.29) is 24.2 Å². The van der Waals surface area contributed by atoms with E-state index in [1.54, 1.807) is 0 Å². The van der Waals surface area contributed by atoms with Crippen LogP contribution in [0, 0.1) is 5.92 Å². The second-order valence-corrected chi connectivity index (χ2v) is 5.49. The lowest BCUT2D eigenvalue weighted by Gasteiger charge is -2.13. The average Bonchev–Trinajstić information content (AvgIpc) is 2.38. The molecule has 0 aliphatic rings. The summed E-state index contributed by atoms with van der Waals surface area (Å²) in [5.74, 6) is 0.624. The third kappa shape index (κ3) is 6.40. The molecule has 0 radical (unpaired) electrons. The highest BCUT2D eigenvalue weighted by atomic mass is 35.5. The Morgan fingerprint density at radius 3 is 2.30 bits per heavy atom. The Kier molecular flexibility index (Phi) is 9.26. The maximum Gasteiger partial charge on any atom is 0.227 e. The van der Waals surface area contributed by atoms with Crippen LogP contribution in [0.25, 0.3) is 0 Å². The van der Waals surface area contributed by atoms with Crippen LogP contribution in [0.15, 0.2) is 24.3 Å². The Morgan fingerprint density at radius 1 is 1.20 bits per heavy atom. The molecule has 1 rings (SSSR count). The highest BCUT2D eigenvalue weighted by Crippen LogP contribution is 2.17. The molecule has 0 bridgehead atoms. The fourth-order valence-corrected chi connectivity index (χ4v) is 2.03. The fraction of sp³-hybridized carbons (Fsp3) is 0.562. The molecule has 0 aliphatic heterocycles. The topological polar surface area (TPSA) is 55.1 Å². The molecule has 1 aromatic rings. The van der Waals surface area contributed by atoms with Crippen molar-refractivity contribution >= 4 is 18.3 Å². The largest absolute Gasteiger partial charge is 0.356 e. The smallest absolute Gasteiger partial charge is 0.227 e. The number of hydrogen-bond acceptors (Lipinski definition) is 2. The number of rotatable bonds is 7. The first-order valence-electron chi connectivity index (χ1n) is 7.11. The van der Waals surface area contributed by atoms with Gasteiger partial charge in [0.05, 0.1) is 5.92 Å². The van der Waals surface area contributed by atoms with Crippen LogP contribution >= 0.6 is 12.4 Å². The van der Waals surface area contributed by atoms with Crippen molar-refractivity contribution in [2.75, 3.05) is 13.1 Å². The van der Waals surface area contributed by atoms with Crippen molar-refractivity contribution in [2.45, 2.75) is 39.5 Å². The Labute approximate surface area is 128 Å². The maximum absolute atomic E-state index is 11.9. The molecule has 20 heavy (non-hydrogen) atoms. The Bertz CT molecular complexity index is 390. The number of carbonyl (C=O) groups is 1. The van der Waals surface area contributed by atoms with Crippen molar-refractivity contribution in [1.29, 1.82) is 0 Å². The van der Waals surface area contributed by atoms with Gasteiger partial charge in [0.25, 0.3) is 0 Å². The number of amides is 1. The molecule has 3 nitrogen and oxygen atoms in total. The van der Waals surface area contributed by atoms with Gasteiger partial charge in [0.15, 0.2) is 0 Å². The quantitative estimate of drug-likeness (QED) is 0.761. The molecule has 114 valence electrons. The summed E-state index contributed by atoms with van der Waals surface area (Å²) in [4.78, 5) is 11.9. The molecule has 0 unspecified atom stereocenters. The second-order valence-electron chi connectivity index (χ2n) is 5.49. The van der Waals surface area contributed by atoms with Crippen LogP contribution in [0.5, 0.6) is 0 Å². The molecule has 0 aliphatic carbocycles. The van der Waals surface area contributed by atoms with E-state index in [0.29, 0.717) is 19.0 Å². The van der Waals surface area contributed by atoms with E-state index in [2.05, 4.69) is 43.4 Å². The van der Waals surface area contributed by atoms with Gasteiger partial charge in [-0.25, -0.2) is 0 Å². The normalized spacial score (nSPS) is 11.8. The molecule has 0 aromatic heterocycles. The second kappa shape index (κ2) is 9.78. The summed E-state index contributed by atoms with van der Waals surface area (Å²) < 4.78 is 0. The first kappa shape index (κ1) is 18.9. The van der Waals surface area contributed by atoms with Crippen LogP contribution in [0.3, 0.4) is 0 Å². The predicted octanol–water partition coefficient (Wildman–Crippen LogP) is 2.88. The summed E-state index contributed by atoms with van der Waals surface area (Å²) >= 11 is 0. The predicted molar refractivity (Wildman–Crippen MR) is 87.3 cm³/mol. The van der Waals surface area contributed by atoms with E-state index in [9.17, 15) is 4.79 Å². The number of carbonyl (C=O) groups excluding carboxylic acids is 1. The van der Waals surface area contributed by atoms with Gasteiger partial charge in [0, 0.05) is 6.54 Å². The standard InChI is InChI=1S/C16H26N2O.ClH/c1-12(2)11-14-5-7-15(8-6-14)13(3)16(19)18-10-4-9-17;/h5-8,12-13H,4,9-11,17H2,1-3H3,(H,18,19);1H/t13-;/m1./s1. The van der Waals surface area contributed by atoms with Gasteiger partial charge in [-0.1, -0.05) is 38.1 Å². The van der Waals surface area contributed by atoms with Gasteiger partial charge in [0.2, 0.25) is 5.91 Å². The van der Waals surface area contributed by atoms with Crippen LogP contribution in [0.4, 0.5) is 0 Å². The minimum absolute atomic E-state index is 0. The van der Waals surface area contributed by atoms with Gasteiger partial charge in [-0.3, -0.25) is 4.79 Å². The van der Waals surface area contributed by atoms with Crippen molar-refractivity contribution in [1.82, 2.24) is 5.32 Å².